The first-order valence-corrected chi connectivity index (χ1v) is 7.53. The maximum atomic E-state index is 11.3. The van der Waals surface area contributed by atoms with Crippen LogP contribution in [0.3, 0.4) is 0 Å². The third-order valence-corrected chi connectivity index (χ3v) is 4.40. The Morgan fingerprint density at radius 1 is 1.24 bits per heavy atom. The van der Waals surface area contributed by atoms with Crippen LogP contribution < -0.4 is 4.90 Å². The van der Waals surface area contributed by atoms with Crippen molar-refractivity contribution in [1.29, 1.82) is 0 Å². The zero-order chi connectivity index (χ0) is 14.8. The van der Waals surface area contributed by atoms with Gasteiger partial charge in [-0.15, -0.1) is 0 Å². The molecule has 4 heteroatoms. The number of carbonyl (C=O) groups is 1. The Labute approximate surface area is 124 Å². The summed E-state index contributed by atoms with van der Waals surface area (Å²) in [5.41, 5.74) is 0.117. The molecule has 1 aromatic heterocycles. The van der Waals surface area contributed by atoms with Gasteiger partial charge in [-0.1, -0.05) is 43.5 Å². The fraction of sp³-hybridized carbons (Fsp3) is 0.412. The number of anilines is 1. The first kappa shape index (κ1) is 13.9. The molecule has 0 amide bonds. The highest BCUT2D eigenvalue weighted by atomic mass is 16.4. The summed E-state index contributed by atoms with van der Waals surface area (Å²) >= 11 is 0. The molecule has 0 spiro atoms. The maximum Gasteiger partial charge on any atom is 0.354 e. The molecular weight excluding hydrogens is 264 g/mol. The zero-order valence-corrected chi connectivity index (χ0v) is 12.2. The van der Waals surface area contributed by atoms with Crippen LogP contribution in [0.25, 0.3) is 10.8 Å². The average molecular weight is 284 g/mol. The number of nitrogens with zero attached hydrogens (tertiary/aromatic N) is 2. The van der Waals surface area contributed by atoms with Crippen molar-refractivity contribution in [3.63, 3.8) is 0 Å². The molecule has 110 valence electrons. The smallest absolute Gasteiger partial charge is 0.354 e. The van der Waals surface area contributed by atoms with Gasteiger partial charge < -0.3 is 10.0 Å². The quantitative estimate of drug-likeness (QED) is 0.933. The monoisotopic (exact) mass is 284 g/mol. The van der Waals surface area contributed by atoms with Crippen molar-refractivity contribution in [3.8, 4) is 0 Å². The molecule has 0 unspecified atom stereocenters. The molecule has 1 aliphatic carbocycles. The molecule has 4 nitrogen and oxygen atoms in total. The summed E-state index contributed by atoms with van der Waals surface area (Å²) < 4.78 is 0. The minimum Gasteiger partial charge on any atom is -0.477 e. The van der Waals surface area contributed by atoms with Crippen molar-refractivity contribution >= 4 is 22.6 Å². The number of pyridine rings is 1. The summed E-state index contributed by atoms with van der Waals surface area (Å²) in [6.45, 7) is 0. The molecule has 21 heavy (non-hydrogen) atoms. The SMILES string of the molecule is CN(c1nc(C(=O)O)cc2ccccc12)C1CCCCC1. The van der Waals surface area contributed by atoms with E-state index in [-0.39, 0.29) is 5.69 Å². The highest BCUT2D eigenvalue weighted by molar-refractivity contribution is 5.98. The van der Waals surface area contributed by atoms with E-state index in [9.17, 15) is 9.90 Å². The van der Waals surface area contributed by atoms with E-state index in [4.69, 9.17) is 0 Å². The van der Waals surface area contributed by atoms with Gasteiger partial charge in [0.25, 0.3) is 0 Å². The Hall–Kier alpha value is -2.10. The van der Waals surface area contributed by atoms with Gasteiger partial charge >= 0.3 is 5.97 Å². The van der Waals surface area contributed by atoms with Crippen LogP contribution in [0.1, 0.15) is 42.6 Å². The second kappa shape index (κ2) is 5.72. The number of aromatic nitrogens is 1. The van der Waals surface area contributed by atoms with E-state index in [2.05, 4.69) is 9.88 Å². The lowest BCUT2D eigenvalue weighted by molar-refractivity contribution is 0.0691. The predicted octanol–water partition coefficient (Wildman–Crippen LogP) is 3.70. The van der Waals surface area contributed by atoms with Crippen LogP contribution >= 0.6 is 0 Å². The second-order valence-electron chi connectivity index (χ2n) is 5.76. The lowest BCUT2D eigenvalue weighted by atomic mass is 9.94. The van der Waals surface area contributed by atoms with E-state index in [0.717, 1.165) is 29.4 Å². The molecule has 0 saturated heterocycles. The van der Waals surface area contributed by atoms with E-state index in [1.165, 1.54) is 19.3 Å². The number of hydrogen-bond acceptors (Lipinski definition) is 3. The topological polar surface area (TPSA) is 53.4 Å². The Kier molecular flexibility index (Phi) is 3.78. The molecular formula is C17H20N2O2. The number of benzene rings is 1. The van der Waals surface area contributed by atoms with Gasteiger partial charge in [0.05, 0.1) is 0 Å². The van der Waals surface area contributed by atoms with Gasteiger partial charge in [-0.05, 0) is 24.3 Å². The Bertz CT molecular complexity index is 663. The lowest BCUT2D eigenvalue weighted by Gasteiger charge is -2.32. The molecule has 1 aliphatic rings. The van der Waals surface area contributed by atoms with Crippen molar-refractivity contribution < 1.29 is 9.90 Å². The zero-order valence-electron chi connectivity index (χ0n) is 12.2. The molecule has 1 aromatic carbocycles. The fourth-order valence-corrected chi connectivity index (χ4v) is 3.20. The minimum atomic E-state index is -0.973. The summed E-state index contributed by atoms with van der Waals surface area (Å²) in [5, 5.41) is 11.2. The van der Waals surface area contributed by atoms with Crippen molar-refractivity contribution in [2.45, 2.75) is 38.1 Å². The second-order valence-corrected chi connectivity index (χ2v) is 5.76. The van der Waals surface area contributed by atoms with Crippen LogP contribution in [0, 0.1) is 0 Å². The van der Waals surface area contributed by atoms with Crippen LogP contribution in [-0.4, -0.2) is 29.1 Å². The Morgan fingerprint density at radius 3 is 2.67 bits per heavy atom. The van der Waals surface area contributed by atoms with Crippen molar-refractivity contribution in [2.24, 2.45) is 0 Å². The van der Waals surface area contributed by atoms with Crippen molar-refractivity contribution in [3.05, 3.63) is 36.0 Å². The molecule has 1 N–H and O–H groups in total. The van der Waals surface area contributed by atoms with Gasteiger partial charge in [-0.25, -0.2) is 9.78 Å². The van der Waals surface area contributed by atoms with Gasteiger partial charge in [0.15, 0.2) is 5.69 Å². The first-order valence-electron chi connectivity index (χ1n) is 7.53. The minimum absolute atomic E-state index is 0.117. The number of hydrogen-bond donors (Lipinski definition) is 1. The van der Waals surface area contributed by atoms with E-state index in [1.54, 1.807) is 6.07 Å². The standard InChI is InChI=1S/C17H20N2O2/c1-19(13-8-3-2-4-9-13)16-14-10-6-5-7-12(14)11-15(18-16)17(20)21/h5-7,10-11,13H,2-4,8-9H2,1H3,(H,20,21). The Balaban J connectivity index is 2.08. The summed E-state index contributed by atoms with van der Waals surface area (Å²) in [7, 11) is 2.04. The van der Waals surface area contributed by atoms with Crippen LogP contribution in [-0.2, 0) is 0 Å². The molecule has 1 heterocycles. The molecule has 1 saturated carbocycles. The fourth-order valence-electron chi connectivity index (χ4n) is 3.20. The number of aromatic carboxylic acids is 1. The lowest BCUT2D eigenvalue weighted by Crippen LogP contribution is -2.34. The third kappa shape index (κ3) is 2.71. The molecule has 0 atom stereocenters. The van der Waals surface area contributed by atoms with E-state index in [0.29, 0.717) is 6.04 Å². The highest BCUT2D eigenvalue weighted by Crippen LogP contribution is 2.30. The summed E-state index contributed by atoms with van der Waals surface area (Å²) in [4.78, 5) is 17.9. The van der Waals surface area contributed by atoms with E-state index in [1.807, 2.05) is 31.3 Å². The summed E-state index contributed by atoms with van der Waals surface area (Å²) in [6.07, 6.45) is 6.10. The third-order valence-electron chi connectivity index (χ3n) is 4.40. The summed E-state index contributed by atoms with van der Waals surface area (Å²) in [5.74, 6) is -0.184. The van der Waals surface area contributed by atoms with E-state index < -0.39 is 5.97 Å². The number of rotatable bonds is 3. The predicted molar refractivity (Wildman–Crippen MR) is 84.0 cm³/mol. The largest absolute Gasteiger partial charge is 0.477 e. The van der Waals surface area contributed by atoms with Crippen LogP contribution in [0.2, 0.25) is 0 Å². The maximum absolute atomic E-state index is 11.3. The molecule has 3 rings (SSSR count). The highest BCUT2D eigenvalue weighted by Gasteiger charge is 2.22. The first-order chi connectivity index (χ1) is 10.2. The Morgan fingerprint density at radius 2 is 1.95 bits per heavy atom. The normalized spacial score (nSPS) is 16.0. The molecule has 0 radical (unpaired) electrons. The van der Waals surface area contributed by atoms with Crippen LogP contribution in [0.5, 0.6) is 0 Å². The average Bonchev–Trinajstić information content (AvgIpc) is 2.54. The number of carboxylic acid groups (broad SMARTS) is 1. The number of carboxylic acids is 1. The molecule has 1 fully saturated rings. The van der Waals surface area contributed by atoms with Crippen LogP contribution in [0.15, 0.2) is 30.3 Å². The van der Waals surface area contributed by atoms with Crippen molar-refractivity contribution in [1.82, 2.24) is 4.98 Å². The van der Waals surface area contributed by atoms with Crippen LogP contribution in [0.4, 0.5) is 5.82 Å². The van der Waals surface area contributed by atoms with Gasteiger partial charge in [0.1, 0.15) is 5.82 Å². The number of fused-ring (bicyclic) bond motifs is 1. The summed E-state index contributed by atoms with van der Waals surface area (Å²) in [6, 6.07) is 9.97. The van der Waals surface area contributed by atoms with Gasteiger partial charge in [0.2, 0.25) is 0 Å². The molecule has 0 aliphatic heterocycles. The van der Waals surface area contributed by atoms with Gasteiger partial charge in [-0.2, -0.15) is 0 Å². The molecule has 0 bridgehead atoms. The van der Waals surface area contributed by atoms with Gasteiger partial charge in [-0.3, -0.25) is 0 Å². The van der Waals surface area contributed by atoms with E-state index >= 15 is 0 Å². The van der Waals surface area contributed by atoms with Crippen molar-refractivity contribution in [2.75, 3.05) is 11.9 Å². The molecule has 2 aromatic rings. The van der Waals surface area contributed by atoms with Gasteiger partial charge in [0, 0.05) is 18.5 Å².